The van der Waals surface area contributed by atoms with Crippen molar-refractivity contribution in [3.05, 3.63) is 54.1 Å². The summed E-state index contributed by atoms with van der Waals surface area (Å²) in [4.78, 5) is 49.8. The van der Waals surface area contributed by atoms with E-state index in [4.69, 9.17) is 4.74 Å². The highest BCUT2D eigenvalue weighted by Crippen LogP contribution is 2.29. The van der Waals surface area contributed by atoms with Crippen LogP contribution < -0.4 is 15.5 Å². The second kappa shape index (κ2) is 9.88. The molecule has 2 aromatic rings. The number of amides is 3. The molecule has 0 radical (unpaired) electrons. The van der Waals surface area contributed by atoms with Gasteiger partial charge in [0.15, 0.2) is 6.61 Å². The van der Waals surface area contributed by atoms with Crippen molar-refractivity contribution >= 4 is 40.8 Å². The minimum absolute atomic E-state index is 0.0528. The topological polar surface area (TPSA) is 105 Å². The Morgan fingerprint density at radius 1 is 1.06 bits per heavy atom. The normalized spacial score (nSPS) is 15.5. The molecule has 0 aromatic heterocycles. The Labute approximate surface area is 180 Å². The van der Waals surface area contributed by atoms with Crippen molar-refractivity contribution in [2.75, 3.05) is 28.7 Å². The van der Waals surface area contributed by atoms with Gasteiger partial charge in [-0.15, -0.1) is 0 Å². The standard InChI is InChI=1S/C23H25N3O5/c1-3-16-7-4-5-10-20(16)26-13-17(11-22(26)29)23(30)31-14-21(28)25-19-9-6-8-18(12-19)24-15(2)27/h4-10,12,17H,3,11,13-14H2,1-2H3,(H,24,27)(H,25,28)/t17-/m1/s1. The minimum atomic E-state index is -0.617. The monoisotopic (exact) mass is 423 g/mol. The molecule has 0 bridgehead atoms. The number of para-hydroxylation sites is 1. The van der Waals surface area contributed by atoms with E-state index in [0.717, 1.165) is 17.7 Å². The molecule has 8 nitrogen and oxygen atoms in total. The first-order chi connectivity index (χ1) is 14.9. The molecular formula is C23H25N3O5. The van der Waals surface area contributed by atoms with Crippen molar-refractivity contribution in [1.29, 1.82) is 0 Å². The predicted molar refractivity (Wildman–Crippen MR) is 117 cm³/mol. The third-order valence-corrected chi connectivity index (χ3v) is 4.93. The number of rotatable bonds is 7. The van der Waals surface area contributed by atoms with E-state index in [9.17, 15) is 19.2 Å². The Hall–Kier alpha value is -3.68. The molecule has 3 amide bonds. The molecule has 162 valence electrons. The van der Waals surface area contributed by atoms with Crippen LogP contribution in [-0.4, -0.2) is 36.8 Å². The number of benzene rings is 2. The molecule has 0 spiro atoms. The lowest BCUT2D eigenvalue weighted by atomic mass is 10.1. The van der Waals surface area contributed by atoms with Crippen molar-refractivity contribution in [3.8, 4) is 0 Å². The van der Waals surface area contributed by atoms with E-state index >= 15 is 0 Å². The lowest BCUT2D eigenvalue weighted by molar-refractivity contribution is -0.151. The molecule has 0 unspecified atom stereocenters. The third kappa shape index (κ3) is 5.69. The van der Waals surface area contributed by atoms with Crippen LogP contribution in [0.25, 0.3) is 0 Å². The van der Waals surface area contributed by atoms with Gasteiger partial charge in [0.05, 0.1) is 5.92 Å². The SMILES string of the molecule is CCc1ccccc1N1C[C@H](C(=O)OCC(=O)Nc2cccc(NC(C)=O)c2)CC1=O. The van der Waals surface area contributed by atoms with Crippen molar-refractivity contribution in [2.24, 2.45) is 5.92 Å². The van der Waals surface area contributed by atoms with Gasteiger partial charge >= 0.3 is 5.97 Å². The largest absolute Gasteiger partial charge is 0.455 e. The van der Waals surface area contributed by atoms with Crippen LogP contribution in [0.15, 0.2) is 48.5 Å². The molecule has 1 saturated heterocycles. The molecule has 3 rings (SSSR count). The summed E-state index contributed by atoms with van der Waals surface area (Å²) >= 11 is 0. The van der Waals surface area contributed by atoms with Gasteiger partial charge in [0.2, 0.25) is 11.8 Å². The zero-order chi connectivity index (χ0) is 22.4. The van der Waals surface area contributed by atoms with E-state index in [0.29, 0.717) is 11.4 Å². The van der Waals surface area contributed by atoms with Crippen LogP contribution in [0.5, 0.6) is 0 Å². The summed E-state index contributed by atoms with van der Waals surface area (Å²) in [5, 5.41) is 5.24. The summed E-state index contributed by atoms with van der Waals surface area (Å²) in [7, 11) is 0. The zero-order valence-corrected chi connectivity index (χ0v) is 17.5. The van der Waals surface area contributed by atoms with Crippen LogP contribution in [0.2, 0.25) is 0 Å². The Kier molecular flexibility index (Phi) is 7.02. The number of hydrogen-bond donors (Lipinski definition) is 2. The Balaban J connectivity index is 1.53. The van der Waals surface area contributed by atoms with Gasteiger partial charge < -0.3 is 20.3 Å². The Bertz CT molecular complexity index is 1000. The van der Waals surface area contributed by atoms with Gasteiger partial charge in [0.25, 0.3) is 5.91 Å². The van der Waals surface area contributed by atoms with E-state index in [1.807, 2.05) is 31.2 Å². The minimum Gasteiger partial charge on any atom is -0.455 e. The summed E-state index contributed by atoms with van der Waals surface area (Å²) in [6.45, 7) is 3.17. The number of ether oxygens (including phenoxy) is 1. The number of anilines is 3. The molecule has 1 heterocycles. The fraction of sp³-hybridized carbons (Fsp3) is 0.304. The maximum absolute atomic E-state index is 12.5. The first kappa shape index (κ1) is 22.0. The summed E-state index contributed by atoms with van der Waals surface area (Å²) in [5.41, 5.74) is 2.85. The molecule has 31 heavy (non-hydrogen) atoms. The van der Waals surface area contributed by atoms with Crippen LogP contribution in [0.3, 0.4) is 0 Å². The summed E-state index contributed by atoms with van der Waals surface area (Å²) in [6.07, 6.45) is 0.829. The van der Waals surface area contributed by atoms with Crippen molar-refractivity contribution in [3.63, 3.8) is 0 Å². The number of carbonyl (C=O) groups excluding carboxylic acids is 4. The number of aryl methyl sites for hydroxylation is 1. The lowest BCUT2D eigenvalue weighted by Gasteiger charge is -2.19. The van der Waals surface area contributed by atoms with E-state index in [2.05, 4.69) is 10.6 Å². The highest BCUT2D eigenvalue weighted by Gasteiger charge is 2.37. The molecule has 1 aliphatic heterocycles. The third-order valence-electron chi connectivity index (χ3n) is 4.93. The fourth-order valence-corrected chi connectivity index (χ4v) is 3.50. The highest BCUT2D eigenvalue weighted by molar-refractivity contribution is 6.00. The van der Waals surface area contributed by atoms with Gasteiger partial charge in [-0.25, -0.2) is 0 Å². The number of hydrogen-bond acceptors (Lipinski definition) is 5. The molecule has 2 aromatic carbocycles. The van der Waals surface area contributed by atoms with Crippen molar-refractivity contribution in [1.82, 2.24) is 0 Å². The van der Waals surface area contributed by atoms with Crippen LogP contribution in [0.1, 0.15) is 25.8 Å². The molecule has 8 heteroatoms. The first-order valence-electron chi connectivity index (χ1n) is 10.1. The van der Waals surface area contributed by atoms with E-state index < -0.39 is 24.4 Å². The molecule has 1 atom stereocenters. The smallest absolute Gasteiger partial charge is 0.311 e. The first-order valence-corrected chi connectivity index (χ1v) is 10.1. The summed E-state index contributed by atoms with van der Waals surface area (Å²) in [5.74, 6) is -2.06. The van der Waals surface area contributed by atoms with Crippen LogP contribution in [0, 0.1) is 5.92 Å². The van der Waals surface area contributed by atoms with Crippen LogP contribution in [0.4, 0.5) is 17.1 Å². The van der Waals surface area contributed by atoms with Gasteiger partial charge in [-0.05, 0) is 36.2 Å². The number of nitrogens with one attached hydrogen (secondary N) is 2. The maximum Gasteiger partial charge on any atom is 0.311 e. The van der Waals surface area contributed by atoms with E-state index in [1.54, 1.807) is 29.2 Å². The van der Waals surface area contributed by atoms with Gasteiger partial charge in [0, 0.05) is 37.0 Å². The molecule has 0 aliphatic carbocycles. The Morgan fingerprint density at radius 3 is 2.48 bits per heavy atom. The molecule has 0 saturated carbocycles. The van der Waals surface area contributed by atoms with E-state index in [1.165, 1.54) is 6.92 Å². The van der Waals surface area contributed by atoms with E-state index in [-0.39, 0.29) is 24.8 Å². The van der Waals surface area contributed by atoms with Gasteiger partial charge in [-0.3, -0.25) is 19.2 Å². The zero-order valence-electron chi connectivity index (χ0n) is 17.5. The van der Waals surface area contributed by atoms with Crippen LogP contribution >= 0.6 is 0 Å². The highest BCUT2D eigenvalue weighted by atomic mass is 16.5. The Morgan fingerprint density at radius 2 is 1.77 bits per heavy atom. The maximum atomic E-state index is 12.5. The summed E-state index contributed by atoms with van der Waals surface area (Å²) < 4.78 is 5.14. The number of esters is 1. The van der Waals surface area contributed by atoms with Gasteiger partial charge in [0.1, 0.15) is 0 Å². The average molecular weight is 423 g/mol. The molecular weight excluding hydrogens is 398 g/mol. The summed E-state index contributed by atoms with van der Waals surface area (Å²) in [6, 6.07) is 14.2. The lowest BCUT2D eigenvalue weighted by Crippen LogP contribution is -2.28. The van der Waals surface area contributed by atoms with Crippen LogP contribution in [-0.2, 0) is 30.3 Å². The fourth-order valence-electron chi connectivity index (χ4n) is 3.50. The number of carbonyl (C=O) groups is 4. The second-order valence-corrected chi connectivity index (χ2v) is 7.31. The molecule has 1 fully saturated rings. The molecule has 1 aliphatic rings. The van der Waals surface area contributed by atoms with Crippen molar-refractivity contribution in [2.45, 2.75) is 26.7 Å². The number of nitrogens with zero attached hydrogens (tertiary/aromatic N) is 1. The molecule has 2 N–H and O–H groups in total. The predicted octanol–water partition coefficient (Wildman–Crippen LogP) is 2.74. The average Bonchev–Trinajstić information content (AvgIpc) is 3.13. The van der Waals surface area contributed by atoms with Gasteiger partial charge in [-0.2, -0.15) is 0 Å². The quantitative estimate of drug-likeness (QED) is 0.667. The van der Waals surface area contributed by atoms with Gasteiger partial charge in [-0.1, -0.05) is 31.2 Å². The van der Waals surface area contributed by atoms with Crippen molar-refractivity contribution < 1.29 is 23.9 Å². The second-order valence-electron chi connectivity index (χ2n) is 7.31.